The molecule has 0 aliphatic heterocycles. The van der Waals surface area contributed by atoms with Crippen molar-refractivity contribution in [1.29, 1.82) is 0 Å². The maximum absolute atomic E-state index is 11.2. The Balaban J connectivity index is 4.33. The summed E-state index contributed by atoms with van der Waals surface area (Å²) < 4.78 is 5.38. The van der Waals surface area contributed by atoms with Gasteiger partial charge in [-0.05, 0) is 27.7 Å². The van der Waals surface area contributed by atoms with Gasteiger partial charge in [0, 0.05) is 11.8 Å². The average molecular weight is 224 g/mol. The molecule has 0 aromatic rings. The molecule has 1 unspecified atom stereocenters. The quantitative estimate of drug-likeness (QED) is 0.726. The fourth-order valence-corrected chi connectivity index (χ4v) is 0.679. The van der Waals surface area contributed by atoms with Gasteiger partial charge >= 0.3 is 12.1 Å². The van der Waals surface area contributed by atoms with E-state index in [1.165, 1.54) is 6.92 Å². The largest absolute Gasteiger partial charge is 0.480 e. The van der Waals surface area contributed by atoms with Crippen molar-refractivity contribution in [2.75, 3.05) is 0 Å². The number of ether oxygens (including phenoxy) is 1. The highest BCUT2D eigenvalue weighted by molar-refractivity contribution is 6.21. The van der Waals surface area contributed by atoms with Crippen molar-refractivity contribution in [3.63, 3.8) is 0 Å². The molecule has 5 nitrogen and oxygen atoms in total. The lowest BCUT2D eigenvalue weighted by Gasteiger charge is -2.24. The predicted octanol–water partition coefficient (Wildman–Crippen LogP) is 1.85. The first-order valence-corrected chi connectivity index (χ1v) is 4.40. The van der Waals surface area contributed by atoms with Crippen molar-refractivity contribution in [2.24, 2.45) is 0 Å². The van der Waals surface area contributed by atoms with E-state index in [4.69, 9.17) is 21.6 Å². The second-order valence-corrected chi connectivity index (χ2v) is 4.17. The van der Waals surface area contributed by atoms with Gasteiger partial charge in [-0.25, -0.2) is 14.0 Å². The maximum Gasteiger partial charge on any atom is 0.425 e. The zero-order valence-corrected chi connectivity index (χ0v) is 9.33. The number of carboxylic acid groups (broad SMARTS) is 1. The minimum atomic E-state index is -1.19. The number of carbonyl (C=O) groups is 2. The van der Waals surface area contributed by atoms with Crippen molar-refractivity contribution in [3.8, 4) is 0 Å². The van der Waals surface area contributed by atoms with Crippen molar-refractivity contribution in [2.45, 2.75) is 39.3 Å². The van der Waals surface area contributed by atoms with Gasteiger partial charge in [-0.3, -0.25) is 0 Å². The van der Waals surface area contributed by atoms with Gasteiger partial charge in [0.05, 0.1) is 0 Å². The van der Waals surface area contributed by atoms with E-state index >= 15 is 0 Å². The third-order valence-corrected chi connectivity index (χ3v) is 1.70. The Morgan fingerprint density at radius 3 is 2.14 bits per heavy atom. The van der Waals surface area contributed by atoms with Crippen LogP contribution in [0.4, 0.5) is 4.79 Å². The van der Waals surface area contributed by atoms with E-state index < -0.39 is 23.7 Å². The van der Waals surface area contributed by atoms with E-state index in [-0.39, 0.29) is 0 Å². The van der Waals surface area contributed by atoms with Gasteiger partial charge in [0.25, 0.3) is 0 Å². The predicted molar refractivity (Wildman–Crippen MR) is 51.0 cm³/mol. The van der Waals surface area contributed by atoms with E-state index in [1.807, 2.05) is 0 Å². The molecule has 82 valence electrons. The molecule has 0 aromatic carbocycles. The Morgan fingerprint density at radius 1 is 1.43 bits per heavy atom. The van der Waals surface area contributed by atoms with Crippen molar-refractivity contribution >= 4 is 23.8 Å². The smallest absolute Gasteiger partial charge is 0.425 e. The molecule has 0 heterocycles. The topological polar surface area (TPSA) is 66.8 Å². The fourth-order valence-electron chi connectivity index (χ4n) is 0.561. The van der Waals surface area contributed by atoms with Gasteiger partial charge in [0.1, 0.15) is 11.6 Å². The molecule has 14 heavy (non-hydrogen) atoms. The molecule has 0 aliphatic rings. The van der Waals surface area contributed by atoms with Crippen molar-refractivity contribution in [1.82, 2.24) is 4.42 Å². The lowest BCUT2D eigenvalue weighted by atomic mass is 10.2. The molecule has 0 saturated heterocycles. The summed E-state index contributed by atoms with van der Waals surface area (Å²) in [6.45, 7) is 6.29. The van der Waals surface area contributed by atoms with E-state index in [0.717, 1.165) is 0 Å². The minimum Gasteiger partial charge on any atom is -0.480 e. The molecule has 0 aliphatic carbocycles. The van der Waals surface area contributed by atoms with Crippen LogP contribution in [0.2, 0.25) is 0 Å². The van der Waals surface area contributed by atoms with Crippen LogP contribution in [0.3, 0.4) is 0 Å². The number of amides is 1. The first-order valence-electron chi connectivity index (χ1n) is 4.06. The van der Waals surface area contributed by atoms with Gasteiger partial charge in [-0.15, -0.1) is 0 Å². The van der Waals surface area contributed by atoms with E-state index in [2.05, 4.69) is 0 Å². The molecular weight excluding hydrogens is 210 g/mol. The Kier molecular flexibility index (Phi) is 4.19. The molecule has 0 spiro atoms. The molecule has 0 radical (unpaired) electrons. The molecule has 0 saturated carbocycles. The number of rotatable bonds is 2. The van der Waals surface area contributed by atoms with Crippen LogP contribution in [0.5, 0.6) is 0 Å². The molecule has 1 atom stereocenters. The van der Waals surface area contributed by atoms with Crippen LogP contribution >= 0.6 is 11.8 Å². The van der Waals surface area contributed by atoms with Crippen LogP contribution in [0.1, 0.15) is 27.7 Å². The zero-order valence-electron chi connectivity index (χ0n) is 8.57. The average Bonchev–Trinajstić information content (AvgIpc) is 1.98. The molecule has 0 fully saturated rings. The second-order valence-electron chi connectivity index (χ2n) is 3.81. The second kappa shape index (κ2) is 4.50. The molecule has 1 amide bonds. The number of halogens is 1. The Bertz CT molecular complexity index is 236. The number of hydrogen-bond acceptors (Lipinski definition) is 3. The Labute approximate surface area is 87.7 Å². The summed E-state index contributed by atoms with van der Waals surface area (Å²) >= 11 is 5.46. The fraction of sp³-hybridized carbons (Fsp3) is 0.750. The third-order valence-electron chi connectivity index (χ3n) is 1.27. The van der Waals surface area contributed by atoms with E-state index in [1.54, 1.807) is 20.8 Å². The van der Waals surface area contributed by atoms with Gasteiger partial charge in [-0.2, -0.15) is 0 Å². The van der Waals surface area contributed by atoms with Gasteiger partial charge in [0.15, 0.2) is 0 Å². The Morgan fingerprint density at radius 2 is 1.86 bits per heavy atom. The van der Waals surface area contributed by atoms with Crippen molar-refractivity contribution in [3.05, 3.63) is 0 Å². The summed E-state index contributed by atoms with van der Waals surface area (Å²) in [6, 6.07) is -1.12. The van der Waals surface area contributed by atoms with Crippen LogP contribution < -0.4 is 0 Å². The van der Waals surface area contributed by atoms with Crippen molar-refractivity contribution < 1.29 is 19.4 Å². The highest BCUT2D eigenvalue weighted by atomic mass is 35.5. The summed E-state index contributed by atoms with van der Waals surface area (Å²) in [5, 5.41) is 8.57. The summed E-state index contributed by atoms with van der Waals surface area (Å²) in [5.41, 5.74) is -0.692. The molecular formula is C8H14ClNO4. The first kappa shape index (κ1) is 13.0. The molecule has 6 heteroatoms. The third kappa shape index (κ3) is 4.32. The lowest BCUT2D eigenvalue weighted by Crippen LogP contribution is -2.39. The summed E-state index contributed by atoms with van der Waals surface area (Å²) in [4.78, 5) is 21.7. The standard InChI is InChI=1S/C8H14ClNO4/c1-5(6(11)12)10(9)7(13)14-8(2,3)4/h5H,1-4H3,(H,11,12). The number of hydrogen-bond donors (Lipinski definition) is 1. The first-order chi connectivity index (χ1) is 6.15. The molecule has 1 N–H and O–H groups in total. The van der Waals surface area contributed by atoms with Crippen LogP contribution in [0.15, 0.2) is 0 Å². The minimum absolute atomic E-state index is 0.521. The van der Waals surface area contributed by atoms with E-state index in [9.17, 15) is 9.59 Å². The van der Waals surface area contributed by atoms with Crippen LogP contribution in [0.25, 0.3) is 0 Å². The van der Waals surface area contributed by atoms with Crippen LogP contribution in [0, 0.1) is 0 Å². The Hall–Kier alpha value is -0.970. The van der Waals surface area contributed by atoms with E-state index in [0.29, 0.717) is 4.42 Å². The summed E-state index contributed by atoms with van der Waals surface area (Å²) in [5.74, 6) is -1.19. The number of carbonyl (C=O) groups excluding carboxylic acids is 1. The number of aliphatic carboxylic acids is 1. The molecule has 0 rings (SSSR count). The van der Waals surface area contributed by atoms with Gasteiger partial charge in [-0.1, -0.05) is 0 Å². The normalized spacial score (nSPS) is 13.2. The maximum atomic E-state index is 11.2. The lowest BCUT2D eigenvalue weighted by molar-refractivity contribution is -0.140. The van der Waals surface area contributed by atoms with Gasteiger partial charge < -0.3 is 9.84 Å². The monoisotopic (exact) mass is 223 g/mol. The summed E-state index contributed by atoms with van der Waals surface area (Å²) in [6.07, 6.45) is -0.867. The highest BCUT2D eigenvalue weighted by Crippen LogP contribution is 2.13. The number of nitrogens with zero attached hydrogens (tertiary/aromatic N) is 1. The number of carboxylic acids is 1. The molecule has 0 bridgehead atoms. The highest BCUT2D eigenvalue weighted by Gasteiger charge is 2.28. The van der Waals surface area contributed by atoms with Crippen LogP contribution in [-0.2, 0) is 9.53 Å². The SMILES string of the molecule is CC(C(=O)O)N(Cl)C(=O)OC(C)(C)C. The zero-order chi connectivity index (χ0) is 11.5. The molecule has 0 aromatic heterocycles. The van der Waals surface area contributed by atoms with Crippen LogP contribution in [-0.4, -0.2) is 33.2 Å². The summed E-state index contributed by atoms with van der Waals surface area (Å²) in [7, 11) is 0. The van der Waals surface area contributed by atoms with Gasteiger partial charge in [0.2, 0.25) is 0 Å².